The van der Waals surface area contributed by atoms with Gasteiger partial charge in [-0.15, -0.1) is 0 Å². The molecular weight excluding hydrogens is 270 g/mol. The average molecular weight is 295 g/mol. The highest BCUT2D eigenvalue weighted by atomic mass is 16.5. The van der Waals surface area contributed by atoms with E-state index in [0.717, 1.165) is 12.0 Å². The maximum Gasteiger partial charge on any atom is 0.322 e. The van der Waals surface area contributed by atoms with Crippen LogP contribution >= 0.6 is 0 Å². The van der Waals surface area contributed by atoms with Gasteiger partial charge in [-0.05, 0) is 30.0 Å². The van der Waals surface area contributed by atoms with Crippen LogP contribution in [0.25, 0.3) is 0 Å². The van der Waals surface area contributed by atoms with E-state index >= 15 is 0 Å². The van der Waals surface area contributed by atoms with Gasteiger partial charge in [0.2, 0.25) is 0 Å². The zero-order valence-corrected chi connectivity index (χ0v) is 13.4. The normalized spacial score (nSPS) is 12.1. The molecule has 1 N–H and O–H groups in total. The van der Waals surface area contributed by atoms with E-state index in [1.807, 2.05) is 18.2 Å². The zero-order chi connectivity index (χ0) is 15.8. The summed E-state index contributed by atoms with van der Waals surface area (Å²) in [6.07, 6.45) is 0.736. The molecule has 1 rings (SSSR count). The van der Waals surface area contributed by atoms with E-state index < -0.39 is 0 Å². The third-order valence-corrected chi connectivity index (χ3v) is 3.19. The first-order valence-corrected chi connectivity index (χ1v) is 7.03. The lowest BCUT2D eigenvalue weighted by molar-refractivity contribution is -0.143. The monoisotopic (exact) mass is 295 g/mol. The Morgan fingerprint density at radius 1 is 1.14 bits per heavy atom. The highest BCUT2D eigenvalue weighted by molar-refractivity contribution is 5.75. The van der Waals surface area contributed by atoms with Crippen molar-refractivity contribution in [3.8, 4) is 11.5 Å². The van der Waals surface area contributed by atoms with Crippen molar-refractivity contribution < 1.29 is 19.0 Å². The van der Waals surface area contributed by atoms with E-state index in [1.165, 1.54) is 7.11 Å². The fraction of sp³-hybridized carbons (Fsp3) is 0.562. The van der Waals surface area contributed by atoms with Crippen molar-refractivity contribution in [2.24, 2.45) is 5.92 Å². The molecule has 0 aromatic heterocycles. The van der Waals surface area contributed by atoms with Crippen molar-refractivity contribution >= 4 is 5.97 Å². The van der Waals surface area contributed by atoms with Gasteiger partial charge in [0.25, 0.3) is 0 Å². The molecule has 0 radical (unpaired) electrons. The van der Waals surface area contributed by atoms with Gasteiger partial charge in [0.05, 0.1) is 21.3 Å². The number of rotatable bonds is 8. The SMILES string of the molecule is COC(=O)C(CC(C)C)NCc1ccc(OC)c(OC)c1. The summed E-state index contributed by atoms with van der Waals surface area (Å²) in [5.41, 5.74) is 1.02. The first-order valence-electron chi connectivity index (χ1n) is 7.03. The summed E-state index contributed by atoms with van der Waals surface area (Å²) in [4.78, 5) is 11.8. The smallest absolute Gasteiger partial charge is 0.322 e. The maximum absolute atomic E-state index is 11.8. The number of esters is 1. The molecule has 0 amide bonds. The van der Waals surface area contributed by atoms with Crippen LogP contribution in [0.15, 0.2) is 18.2 Å². The molecule has 0 saturated heterocycles. The van der Waals surface area contributed by atoms with Crippen LogP contribution in [-0.2, 0) is 16.1 Å². The van der Waals surface area contributed by atoms with Crippen LogP contribution in [0, 0.1) is 5.92 Å². The molecular formula is C16H25NO4. The van der Waals surface area contributed by atoms with Gasteiger partial charge in [-0.25, -0.2) is 0 Å². The molecule has 0 bridgehead atoms. The predicted octanol–water partition coefficient (Wildman–Crippen LogP) is 2.38. The Kier molecular flexibility index (Phi) is 7.02. The molecule has 0 aliphatic rings. The Balaban J connectivity index is 2.73. The van der Waals surface area contributed by atoms with Crippen molar-refractivity contribution in [1.29, 1.82) is 0 Å². The van der Waals surface area contributed by atoms with Crippen molar-refractivity contribution in [1.82, 2.24) is 5.32 Å². The summed E-state index contributed by atoms with van der Waals surface area (Å²) in [6.45, 7) is 4.72. The second-order valence-electron chi connectivity index (χ2n) is 5.28. The van der Waals surface area contributed by atoms with E-state index in [9.17, 15) is 4.79 Å². The molecule has 0 aliphatic carbocycles. The average Bonchev–Trinajstić information content (AvgIpc) is 2.49. The fourth-order valence-electron chi connectivity index (χ4n) is 2.11. The van der Waals surface area contributed by atoms with E-state index in [-0.39, 0.29) is 12.0 Å². The molecule has 1 aromatic rings. The number of nitrogens with one attached hydrogen (secondary N) is 1. The van der Waals surface area contributed by atoms with Gasteiger partial charge in [-0.3, -0.25) is 4.79 Å². The summed E-state index contributed by atoms with van der Waals surface area (Å²) in [5.74, 6) is 1.54. The molecule has 1 aromatic carbocycles. The Morgan fingerprint density at radius 2 is 1.81 bits per heavy atom. The molecule has 1 atom stereocenters. The molecule has 5 heteroatoms. The quantitative estimate of drug-likeness (QED) is 0.746. The van der Waals surface area contributed by atoms with Gasteiger partial charge in [0.15, 0.2) is 11.5 Å². The van der Waals surface area contributed by atoms with Gasteiger partial charge in [-0.1, -0.05) is 19.9 Å². The van der Waals surface area contributed by atoms with Crippen molar-refractivity contribution in [2.45, 2.75) is 32.9 Å². The summed E-state index contributed by atoms with van der Waals surface area (Å²) >= 11 is 0. The minimum atomic E-state index is -0.303. The Hall–Kier alpha value is -1.75. The fourth-order valence-corrected chi connectivity index (χ4v) is 2.11. The highest BCUT2D eigenvalue weighted by Gasteiger charge is 2.19. The standard InChI is InChI=1S/C16H25NO4/c1-11(2)8-13(16(18)21-5)17-10-12-6-7-14(19-3)15(9-12)20-4/h6-7,9,11,13,17H,8,10H2,1-5H3. The lowest BCUT2D eigenvalue weighted by atomic mass is 10.0. The van der Waals surface area contributed by atoms with Crippen LogP contribution in [0.5, 0.6) is 11.5 Å². The second-order valence-corrected chi connectivity index (χ2v) is 5.28. The van der Waals surface area contributed by atoms with E-state index in [4.69, 9.17) is 14.2 Å². The number of carbonyl (C=O) groups is 1. The zero-order valence-electron chi connectivity index (χ0n) is 13.4. The molecule has 0 heterocycles. The Morgan fingerprint density at radius 3 is 2.33 bits per heavy atom. The van der Waals surface area contributed by atoms with Crippen LogP contribution in [0.3, 0.4) is 0 Å². The molecule has 21 heavy (non-hydrogen) atoms. The van der Waals surface area contributed by atoms with E-state index in [2.05, 4.69) is 19.2 Å². The number of hydrogen-bond donors (Lipinski definition) is 1. The Bertz CT molecular complexity index is 460. The lowest BCUT2D eigenvalue weighted by Crippen LogP contribution is -2.38. The third kappa shape index (κ3) is 5.27. The molecule has 0 spiro atoms. The number of ether oxygens (including phenoxy) is 3. The predicted molar refractivity (Wildman–Crippen MR) is 81.6 cm³/mol. The largest absolute Gasteiger partial charge is 0.493 e. The first-order chi connectivity index (χ1) is 10.0. The first kappa shape index (κ1) is 17.3. The topological polar surface area (TPSA) is 56.8 Å². The molecule has 0 aliphatic heterocycles. The minimum Gasteiger partial charge on any atom is -0.493 e. The Labute approximate surface area is 126 Å². The highest BCUT2D eigenvalue weighted by Crippen LogP contribution is 2.27. The van der Waals surface area contributed by atoms with Crippen LogP contribution in [-0.4, -0.2) is 33.3 Å². The number of hydrogen-bond acceptors (Lipinski definition) is 5. The van der Waals surface area contributed by atoms with Gasteiger partial charge in [-0.2, -0.15) is 0 Å². The second kappa shape index (κ2) is 8.52. The molecule has 5 nitrogen and oxygen atoms in total. The third-order valence-electron chi connectivity index (χ3n) is 3.19. The molecule has 0 fully saturated rings. The van der Waals surface area contributed by atoms with Crippen LogP contribution in [0.4, 0.5) is 0 Å². The number of methoxy groups -OCH3 is 3. The summed E-state index contributed by atoms with van der Waals surface area (Å²) in [6, 6.07) is 5.39. The van der Waals surface area contributed by atoms with Gasteiger partial charge >= 0.3 is 5.97 Å². The minimum absolute atomic E-state index is 0.232. The van der Waals surface area contributed by atoms with Crippen LogP contribution in [0.1, 0.15) is 25.8 Å². The van der Waals surface area contributed by atoms with Crippen LogP contribution in [0.2, 0.25) is 0 Å². The van der Waals surface area contributed by atoms with Crippen molar-refractivity contribution in [3.05, 3.63) is 23.8 Å². The van der Waals surface area contributed by atoms with Gasteiger partial charge in [0, 0.05) is 6.54 Å². The van der Waals surface area contributed by atoms with Crippen molar-refractivity contribution in [3.63, 3.8) is 0 Å². The van der Waals surface area contributed by atoms with Gasteiger partial charge < -0.3 is 19.5 Å². The number of carbonyl (C=O) groups excluding carboxylic acids is 1. The molecule has 0 saturated carbocycles. The summed E-state index contributed by atoms with van der Waals surface area (Å²) in [7, 11) is 4.62. The van der Waals surface area contributed by atoms with Crippen LogP contribution < -0.4 is 14.8 Å². The lowest BCUT2D eigenvalue weighted by Gasteiger charge is -2.18. The maximum atomic E-state index is 11.8. The molecule has 1 unspecified atom stereocenters. The molecule has 118 valence electrons. The summed E-state index contributed by atoms with van der Waals surface area (Å²) in [5, 5.41) is 3.24. The van der Waals surface area contributed by atoms with E-state index in [1.54, 1.807) is 14.2 Å². The summed E-state index contributed by atoms with van der Waals surface area (Å²) < 4.78 is 15.3. The van der Waals surface area contributed by atoms with E-state index in [0.29, 0.717) is 24.0 Å². The number of benzene rings is 1. The van der Waals surface area contributed by atoms with Crippen molar-refractivity contribution in [2.75, 3.05) is 21.3 Å². The van der Waals surface area contributed by atoms with Gasteiger partial charge in [0.1, 0.15) is 6.04 Å².